The summed E-state index contributed by atoms with van der Waals surface area (Å²) in [7, 11) is 0. The first kappa shape index (κ1) is 10.7. The molecule has 1 heterocycles. The third kappa shape index (κ3) is 4.39. The van der Waals surface area contributed by atoms with Crippen LogP contribution in [0.1, 0.15) is 26.7 Å². The van der Waals surface area contributed by atoms with E-state index in [-0.39, 0.29) is 5.78 Å². The van der Waals surface area contributed by atoms with Crippen LogP contribution in [0.25, 0.3) is 0 Å². The quantitative estimate of drug-likeness (QED) is 0.659. The van der Waals surface area contributed by atoms with Crippen molar-refractivity contribution in [3.63, 3.8) is 0 Å². The molecule has 3 nitrogen and oxygen atoms in total. The van der Waals surface area contributed by atoms with E-state index in [1.54, 1.807) is 6.92 Å². The predicted molar refractivity (Wildman–Crippen MR) is 51.8 cm³/mol. The first-order valence-electron chi connectivity index (χ1n) is 5.02. The average molecular weight is 185 g/mol. The van der Waals surface area contributed by atoms with Crippen molar-refractivity contribution in [1.82, 2.24) is 4.90 Å². The van der Waals surface area contributed by atoms with E-state index >= 15 is 0 Å². The highest BCUT2D eigenvalue weighted by Crippen LogP contribution is 2.05. The number of nitrogens with zero attached hydrogens (tertiary/aromatic N) is 1. The van der Waals surface area contributed by atoms with Crippen molar-refractivity contribution in [2.24, 2.45) is 0 Å². The molecule has 0 bridgehead atoms. The molecule has 0 aromatic heterocycles. The number of hydrogen-bond donors (Lipinski definition) is 0. The number of carbonyl (C=O) groups excluding carboxylic acids is 1. The van der Waals surface area contributed by atoms with Crippen LogP contribution in [0.5, 0.6) is 0 Å². The molecule has 0 aromatic carbocycles. The van der Waals surface area contributed by atoms with Gasteiger partial charge in [-0.05, 0) is 20.3 Å². The van der Waals surface area contributed by atoms with E-state index in [2.05, 4.69) is 11.8 Å². The fourth-order valence-electron chi connectivity index (χ4n) is 1.60. The zero-order valence-electron chi connectivity index (χ0n) is 8.58. The summed E-state index contributed by atoms with van der Waals surface area (Å²) in [6, 6.07) is 0. The van der Waals surface area contributed by atoms with Gasteiger partial charge in [0.05, 0.1) is 6.10 Å². The third-order valence-corrected chi connectivity index (χ3v) is 2.32. The minimum atomic E-state index is 0.276. The van der Waals surface area contributed by atoms with Gasteiger partial charge in [0.15, 0.2) is 0 Å². The highest BCUT2D eigenvalue weighted by Gasteiger charge is 2.14. The van der Waals surface area contributed by atoms with Crippen molar-refractivity contribution in [1.29, 1.82) is 0 Å². The van der Waals surface area contributed by atoms with Gasteiger partial charge in [0.2, 0.25) is 0 Å². The van der Waals surface area contributed by atoms with E-state index in [1.165, 1.54) is 0 Å². The summed E-state index contributed by atoms with van der Waals surface area (Å²) >= 11 is 0. The van der Waals surface area contributed by atoms with Gasteiger partial charge >= 0.3 is 0 Å². The molecule has 0 aliphatic carbocycles. The summed E-state index contributed by atoms with van der Waals surface area (Å²) in [4.78, 5) is 13.1. The summed E-state index contributed by atoms with van der Waals surface area (Å²) < 4.78 is 5.51. The molecule has 1 saturated heterocycles. The Kier molecular flexibility index (Phi) is 4.39. The standard InChI is InChI=1S/C10H19NO2/c1-9(12)4-6-11-5-3-7-13-10(2)8-11/h10H,3-8H2,1-2H3. The summed E-state index contributed by atoms with van der Waals surface area (Å²) in [6.07, 6.45) is 2.07. The third-order valence-electron chi connectivity index (χ3n) is 2.32. The highest BCUT2D eigenvalue weighted by molar-refractivity contribution is 5.75. The number of Topliss-reactive ketones (excluding diaryl/α,β-unsaturated/α-hetero) is 1. The first-order valence-corrected chi connectivity index (χ1v) is 5.02. The molecule has 1 unspecified atom stereocenters. The Labute approximate surface area is 80.1 Å². The van der Waals surface area contributed by atoms with Crippen molar-refractivity contribution in [3.8, 4) is 0 Å². The van der Waals surface area contributed by atoms with Crippen LogP contribution in [-0.4, -0.2) is 43.0 Å². The van der Waals surface area contributed by atoms with Gasteiger partial charge in [-0.1, -0.05) is 0 Å². The zero-order valence-corrected chi connectivity index (χ0v) is 8.58. The Hall–Kier alpha value is -0.410. The molecule has 13 heavy (non-hydrogen) atoms. The van der Waals surface area contributed by atoms with Crippen LogP contribution < -0.4 is 0 Å². The Balaban J connectivity index is 2.26. The summed E-state index contributed by atoms with van der Waals surface area (Å²) in [5, 5.41) is 0. The van der Waals surface area contributed by atoms with E-state index in [0.717, 1.165) is 32.7 Å². The topological polar surface area (TPSA) is 29.5 Å². The maximum absolute atomic E-state index is 10.8. The average Bonchev–Trinajstić information content (AvgIpc) is 2.26. The second-order valence-electron chi connectivity index (χ2n) is 3.79. The minimum absolute atomic E-state index is 0.276. The lowest BCUT2D eigenvalue weighted by Gasteiger charge is -2.20. The van der Waals surface area contributed by atoms with E-state index in [4.69, 9.17) is 4.74 Å². The minimum Gasteiger partial charge on any atom is -0.377 e. The fraction of sp³-hybridized carbons (Fsp3) is 0.900. The van der Waals surface area contributed by atoms with Gasteiger partial charge in [0.1, 0.15) is 5.78 Å². The molecular formula is C10H19NO2. The lowest BCUT2D eigenvalue weighted by Crippen LogP contribution is -2.31. The Morgan fingerprint density at radius 2 is 2.38 bits per heavy atom. The Morgan fingerprint density at radius 1 is 1.62 bits per heavy atom. The number of rotatable bonds is 3. The lowest BCUT2D eigenvalue weighted by molar-refractivity contribution is -0.117. The van der Waals surface area contributed by atoms with E-state index in [9.17, 15) is 4.79 Å². The lowest BCUT2D eigenvalue weighted by atomic mass is 10.2. The molecule has 3 heteroatoms. The van der Waals surface area contributed by atoms with E-state index in [1.807, 2.05) is 0 Å². The SMILES string of the molecule is CC(=O)CCN1CCCOC(C)C1. The van der Waals surface area contributed by atoms with Crippen LogP contribution in [0.3, 0.4) is 0 Å². The Bertz CT molecular complexity index is 170. The largest absolute Gasteiger partial charge is 0.377 e. The van der Waals surface area contributed by atoms with Crippen LogP contribution in [0.2, 0.25) is 0 Å². The molecule has 0 radical (unpaired) electrons. The predicted octanol–water partition coefficient (Wildman–Crippen LogP) is 1.08. The molecule has 1 aliphatic rings. The van der Waals surface area contributed by atoms with Crippen molar-refractivity contribution in [3.05, 3.63) is 0 Å². The van der Waals surface area contributed by atoms with Gasteiger partial charge < -0.3 is 9.64 Å². The second kappa shape index (κ2) is 5.35. The van der Waals surface area contributed by atoms with Crippen molar-refractivity contribution in [2.45, 2.75) is 32.8 Å². The van der Waals surface area contributed by atoms with Gasteiger partial charge in [-0.2, -0.15) is 0 Å². The number of hydrogen-bond acceptors (Lipinski definition) is 3. The van der Waals surface area contributed by atoms with Crippen LogP contribution in [0.15, 0.2) is 0 Å². The molecule has 1 aliphatic heterocycles. The number of ether oxygens (including phenoxy) is 1. The molecule has 0 aromatic rings. The maximum Gasteiger partial charge on any atom is 0.131 e. The molecule has 1 atom stereocenters. The number of ketones is 1. The monoisotopic (exact) mass is 185 g/mol. The zero-order chi connectivity index (χ0) is 9.68. The molecule has 0 amide bonds. The molecule has 1 rings (SSSR count). The van der Waals surface area contributed by atoms with Gasteiger partial charge in [0.25, 0.3) is 0 Å². The molecule has 76 valence electrons. The normalized spacial score (nSPS) is 25.5. The Morgan fingerprint density at radius 3 is 3.08 bits per heavy atom. The van der Waals surface area contributed by atoms with Gasteiger partial charge in [-0.15, -0.1) is 0 Å². The van der Waals surface area contributed by atoms with Gasteiger partial charge in [0, 0.05) is 32.7 Å². The molecular weight excluding hydrogens is 166 g/mol. The molecule has 0 saturated carbocycles. The van der Waals surface area contributed by atoms with Crippen molar-refractivity contribution < 1.29 is 9.53 Å². The van der Waals surface area contributed by atoms with E-state index in [0.29, 0.717) is 12.5 Å². The van der Waals surface area contributed by atoms with Gasteiger partial charge in [-0.3, -0.25) is 4.79 Å². The first-order chi connectivity index (χ1) is 6.18. The maximum atomic E-state index is 10.8. The summed E-state index contributed by atoms with van der Waals surface area (Å²) in [6.45, 7) is 7.52. The van der Waals surface area contributed by atoms with Crippen LogP contribution in [0, 0.1) is 0 Å². The second-order valence-corrected chi connectivity index (χ2v) is 3.79. The molecule has 1 fully saturated rings. The van der Waals surface area contributed by atoms with Crippen LogP contribution in [-0.2, 0) is 9.53 Å². The van der Waals surface area contributed by atoms with Crippen LogP contribution >= 0.6 is 0 Å². The molecule has 0 N–H and O–H groups in total. The van der Waals surface area contributed by atoms with Crippen molar-refractivity contribution in [2.75, 3.05) is 26.2 Å². The number of carbonyl (C=O) groups is 1. The summed E-state index contributed by atoms with van der Waals surface area (Å²) in [5.41, 5.74) is 0. The highest BCUT2D eigenvalue weighted by atomic mass is 16.5. The fourth-order valence-corrected chi connectivity index (χ4v) is 1.60. The van der Waals surface area contributed by atoms with Crippen LogP contribution in [0.4, 0.5) is 0 Å². The van der Waals surface area contributed by atoms with Gasteiger partial charge in [-0.25, -0.2) is 0 Å². The smallest absolute Gasteiger partial charge is 0.131 e. The molecule has 0 spiro atoms. The van der Waals surface area contributed by atoms with E-state index < -0.39 is 0 Å². The van der Waals surface area contributed by atoms with Crippen molar-refractivity contribution >= 4 is 5.78 Å². The summed E-state index contributed by atoms with van der Waals surface area (Å²) in [5.74, 6) is 0.276.